The zero-order valence-electron chi connectivity index (χ0n) is 6.44. The molecule has 56 valence electrons. The third-order valence-corrected chi connectivity index (χ3v) is 2.86. The van der Waals surface area contributed by atoms with Gasteiger partial charge in [0, 0.05) is 11.3 Å². The molecular formula is C8H12OS. The Hall–Kier alpha value is -0.370. The van der Waals surface area contributed by atoms with Crippen molar-refractivity contribution in [1.29, 1.82) is 0 Å². The number of ketones is 1. The summed E-state index contributed by atoms with van der Waals surface area (Å²) in [4.78, 5) is 13.5. The van der Waals surface area contributed by atoms with Gasteiger partial charge in [-0.05, 0) is 24.6 Å². The van der Waals surface area contributed by atoms with Crippen LogP contribution in [0.3, 0.4) is 0 Å². The Morgan fingerprint density at radius 2 is 2.30 bits per heavy atom. The highest BCUT2D eigenvalue weighted by Gasteiger charge is 2.11. The zero-order chi connectivity index (χ0) is 7.56. The number of hydrogen-bond acceptors (Lipinski definition) is 1. The van der Waals surface area contributed by atoms with Crippen molar-refractivity contribution in [2.75, 3.05) is 0 Å². The molecule has 0 fully saturated rings. The molecule has 0 aromatic rings. The summed E-state index contributed by atoms with van der Waals surface area (Å²) in [5.74, 6) is 0.335. The summed E-state index contributed by atoms with van der Waals surface area (Å²) in [5.41, 5.74) is 0. The molecule has 0 bridgehead atoms. The van der Waals surface area contributed by atoms with E-state index in [1.165, 1.54) is 4.86 Å². The van der Waals surface area contributed by atoms with Crippen LogP contribution in [-0.4, -0.2) is 15.5 Å². The maximum Gasteiger partial charge on any atom is 0.168 e. The molecule has 0 saturated carbocycles. The monoisotopic (exact) mass is 156 g/mol. The number of rotatable bonds is 2. The molecule has 1 nitrogen and oxygen atoms in total. The third kappa shape index (κ3) is 1.57. The Kier molecular flexibility index (Phi) is 2.44. The van der Waals surface area contributed by atoms with Crippen molar-refractivity contribution in [3.8, 4) is 0 Å². The topological polar surface area (TPSA) is 17.1 Å². The molecule has 0 unspecified atom stereocenters. The van der Waals surface area contributed by atoms with Crippen LogP contribution in [0.15, 0.2) is 0 Å². The van der Waals surface area contributed by atoms with E-state index in [0.717, 1.165) is 17.7 Å². The summed E-state index contributed by atoms with van der Waals surface area (Å²) in [6, 6.07) is 0. The molecule has 0 aromatic heterocycles. The van der Waals surface area contributed by atoms with E-state index < -0.39 is 0 Å². The van der Waals surface area contributed by atoms with Crippen LogP contribution < -0.4 is 0 Å². The van der Waals surface area contributed by atoms with Gasteiger partial charge in [-0.3, -0.25) is 4.79 Å². The van der Waals surface area contributed by atoms with E-state index in [1.54, 1.807) is 10.9 Å². The van der Waals surface area contributed by atoms with Crippen molar-refractivity contribution in [2.45, 2.75) is 33.1 Å². The molecule has 1 aliphatic rings. The predicted octanol–water partition coefficient (Wildman–Crippen LogP) is 1.86. The van der Waals surface area contributed by atoms with Gasteiger partial charge < -0.3 is 0 Å². The minimum Gasteiger partial charge on any atom is -0.294 e. The van der Waals surface area contributed by atoms with Gasteiger partial charge >= 0.3 is 0 Å². The molecule has 0 amide bonds. The summed E-state index contributed by atoms with van der Waals surface area (Å²) in [5, 5.41) is 0. The minimum absolute atomic E-state index is 0.335. The second kappa shape index (κ2) is 3.15. The SMILES string of the molecule is CCC(=O)C1=S=C(C)CC1. The lowest BCUT2D eigenvalue weighted by Crippen LogP contribution is -2.07. The maximum atomic E-state index is 11.1. The molecule has 0 spiro atoms. The first-order chi connectivity index (χ1) is 4.74. The van der Waals surface area contributed by atoms with Crippen LogP contribution in [0.25, 0.3) is 0 Å². The second-order valence-electron chi connectivity index (χ2n) is 2.50. The number of hydrogen-bond donors (Lipinski definition) is 0. The van der Waals surface area contributed by atoms with E-state index in [2.05, 4.69) is 6.92 Å². The molecule has 0 aliphatic carbocycles. The van der Waals surface area contributed by atoms with Gasteiger partial charge in [0.05, 0.1) is 0 Å². The van der Waals surface area contributed by atoms with E-state index in [0.29, 0.717) is 12.2 Å². The molecular weight excluding hydrogens is 144 g/mol. The average Bonchev–Trinajstić information content (AvgIpc) is 2.34. The molecule has 2 heteroatoms. The standard InChI is InChI=1S/C8H12OS/c1-3-7(9)8-5-4-6(2)10-8/h3-5H2,1-2H3. The van der Waals surface area contributed by atoms with Crippen molar-refractivity contribution >= 4 is 26.5 Å². The third-order valence-electron chi connectivity index (χ3n) is 1.63. The highest BCUT2D eigenvalue weighted by molar-refractivity contribution is 7.99. The molecule has 1 aliphatic heterocycles. The molecule has 0 saturated heterocycles. The molecule has 10 heavy (non-hydrogen) atoms. The van der Waals surface area contributed by atoms with Crippen LogP contribution >= 0.6 is 10.9 Å². The molecule has 0 aromatic carbocycles. The Morgan fingerprint density at radius 3 is 2.70 bits per heavy atom. The van der Waals surface area contributed by atoms with Crippen LogP contribution in [0.2, 0.25) is 0 Å². The van der Waals surface area contributed by atoms with Gasteiger partial charge in [0.25, 0.3) is 0 Å². The summed E-state index contributed by atoms with van der Waals surface area (Å²) in [6.07, 6.45) is 2.75. The average molecular weight is 156 g/mol. The molecule has 0 N–H and O–H groups in total. The Morgan fingerprint density at radius 1 is 1.60 bits per heavy atom. The van der Waals surface area contributed by atoms with Gasteiger partial charge in [-0.25, -0.2) is 0 Å². The van der Waals surface area contributed by atoms with Crippen LogP contribution in [0.5, 0.6) is 0 Å². The molecule has 1 heterocycles. The normalized spacial score (nSPS) is 17.4. The Balaban J connectivity index is 2.76. The number of carbonyl (C=O) groups excluding carboxylic acids is 1. The zero-order valence-corrected chi connectivity index (χ0v) is 7.25. The lowest BCUT2D eigenvalue weighted by Gasteiger charge is -1.92. The lowest BCUT2D eigenvalue weighted by atomic mass is 10.1. The van der Waals surface area contributed by atoms with Crippen molar-refractivity contribution in [3.05, 3.63) is 0 Å². The Bertz CT molecular complexity index is 221. The fraction of sp³-hybridized carbons (Fsp3) is 0.625. The molecule has 1 rings (SSSR count). The lowest BCUT2D eigenvalue weighted by molar-refractivity contribution is -0.112. The van der Waals surface area contributed by atoms with Gasteiger partial charge in [-0.1, -0.05) is 6.92 Å². The summed E-state index contributed by atoms with van der Waals surface area (Å²) >= 11 is 0. The van der Waals surface area contributed by atoms with Crippen molar-refractivity contribution < 1.29 is 4.79 Å². The van der Waals surface area contributed by atoms with Crippen molar-refractivity contribution in [1.82, 2.24) is 0 Å². The summed E-state index contributed by atoms with van der Waals surface area (Å²) in [7, 11) is 1.68. The summed E-state index contributed by atoms with van der Waals surface area (Å²) < 4.78 is 0. The summed E-state index contributed by atoms with van der Waals surface area (Å²) in [6.45, 7) is 4.02. The van der Waals surface area contributed by atoms with Crippen LogP contribution in [0.4, 0.5) is 0 Å². The highest BCUT2D eigenvalue weighted by atomic mass is 32.1. The fourth-order valence-corrected chi connectivity index (χ4v) is 2.08. The van der Waals surface area contributed by atoms with Gasteiger partial charge in [0.15, 0.2) is 5.78 Å². The van der Waals surface area contributed by atoms with Crippen molar-refractivity contribution in [3.63, 3.8) is 0 Å². The number of carbonyl (C=O) groups is 1. The van der Waals surface area contributed by atoms with E-state index in [-0.39, 0.29) is 0 Å². The smallest absolute Gasteiger partial charge is 0.168 e. The quantitative estimate of drug-likeness (QED) is 0.558. The van der Waals surface area contributed by atoms with Gasteiger partial charge in [0.1, 0.15) is 0 Å². The van der Waals surface area contributed by atoms with Gasteiger partial charge in [0.2, 0.25) is 0 Å². The van der Waals surface area contributed by atoms with Crippen LogP contribution in [-0.2, 0) is 4.79 Å². The molecule has 0 radical (unpaired) electrons. The Labute approximate surface area is 65.0 Å². The first-order valence-electron chi connectivity index (χ1n) is 3.63. The predicted molar refractivity (Wildman–Crippen MR) is 47.8 cm³/mol. The van der Waals surface area contributed by atoms with E-state index in [9.17, 15) is 4.79 Å². The van der Waals surface area contributed by atoms with Crippen molar-refractivity contribution in [2.24, 2.45) is 0 Å². The first kappa shape index (κ1) is 7.73. The highest BCUT2D eigenvalue weighted by Crippen LogP contribution is 2.09. The number of Topliss-reactive ketones (excluding diaryl/α,β-unsaturated/α-hetero) is 1. The van der Waals surface area contributed by atoms with Gasteiger partial charge in [-0.15, -0.1) is 10.9 Å². The molecule has 0 atom stereocenters. The fourth-order valence-electron chi connectivity index (χ4n) is 0.995. The van der Waals surface area contributed by atoms with Gasteiger partial charge in [-0.2, -0.15) is 0 Å². The second-order valence-corrected chi connectivity index (χ2v) is 3.90. The van der Waals surface area contributed by atoms with E-state index >= 15 is 0 Å². The van der Waals surface area contributed by atoms with Crippen LogP contribution in [0.1, 0.15) is 33.1 Å². The maximum absolute atomic E-state index is 11.1. The van der Waals surface area contributed by atoms with E-state index in [4.69, 9.17) is 0 Å². The minimum atomic E-state index is 0.335. The van der Waals surface area contributed by atoms with E-state index in [1.807, 2.05) is 6.92 Å². The first-order valence-corrected chi connectivity index (χ1v) is 4.45. The largest absolute Gasteiger partial charge is 0.294 e. The van der Waals surface area contributed by atoms with Crippen LogP contribution in [0, 0.1) is 0 Å².